The van der Waals surface area contributed by atoms with E-state index >= 15 is 0 Å². The first-order chi connectivity index (χ1) is 11.0. The van der Waals surface area contributed by atoms with Crippen molar-refractivity contribution >= 4 is 23.0 Å². The summed E-state index contributed by atoms with van der Waals surface area (Å²) < 4.78 is 7.41. The van der Waals surface area contributed by atoms with Gasteiger partial charge in [0.2, 0.25) is 0 Å². The van der Waals surface area contributed by atoms with Crippen molar-refractivity contribution < 1.29 is 4.74 Å². The van der Waals surface area contributed by atoms with Gasteiger partial charge in [-0.25, -0.2) is 0 Å². The topological polar surface area (TPSA) is 51.1 Å². The van der Waals surface area contributed by atoms with Crippen LogP contribution in [0.5, 0.6) is 5.75 Å². The lowest BCUT2D eigenvalue weighted by atomic mass is 10.1. The lowest BCUT2D eigenvalue weighted by Gasteiger charge is -2.17. The van der Waals surface area contributed by atoms with E-state index in [9.17, 15) is 0 Å². The van der Waals surface area contributed by atoms with Gasteiger partial charge in [0.1, 0.15) is 5.75 Å². The molecule has 1 heterocycles. The van der Waals surface area contributed by atoms with Crippen molar-refractivity contribution in [2.24, 2.45) is 0 Å². The summed E-state index contributed by atoms with van der Waals surface area (Å²) in [5.74, 6) is 0.855. The van der Waals surface area contributed by atoms with Crippen LogP contribution in [0.1, 0.15) is 38.1 Å². The van der Waals surface area contributed by atoms with Crippen LogP contribution in [0.15, 0.2) is 30.5 Å². The first-order valence-corrected chi connectivity index (χ1v) is 8.28. The molecule has 0 aliphatic carbocycles. The summed E-state index contributed by atoms with van der Waals surface area (Å²) in [4.78, 5) is 0. The molecule has 0 saturated carbocycles. The van der Waals surface area contributed by atoms with E-state index in [4.69, 9.17) is 17.0 Å². The third-order valence-electron chi connectivity index (χ3n) is 3.68. The summed E-state index contributed by atoms with van der Waals surface area (Å²) in [6, 6.07) is 7.84. The number of nitrogens with one attached hydrogen (secondary N) is 2. The molecule has 124 valence electrons. The van der Waals surface area contributed by atoms with Crippen molar-refractivity contribution in [1.82, 2.24) is 15.1 Å². The average molecular weight is 332 g/mol. The number of ether oxygens (including phenoxy) is 1. The Morgan fingerprint density at radius 2 is 2.00 bits per heavy atom. The minimum absolute atomic E-state index is 0.0954. The molecule has 1 atom stereocenters. The van der Waals surface area contributed by atoms with Crippen molar-refractivity contribution in [2.75, 3.05) is 11.9 Å². The highest BCUT2D eigenvalue weighted by Crippen LogP contribution is 2.18. The second-order valence-corrected chi connectivity index (χ2v) is 5.69. The van der Waals surface area contributed by atoms with Crippen LogP contribution in [0.3, 0.4) is 0 Å². The summed E-state index contributed by atoms with van der Waals surface area (Å²) in [7, 11) is 0. The van der Waals surface area contributed by atoms with Gasteiger partial charge in [0, 0.05) is 23.5 Å². The number of rotatable bonds is 6. The van der Waals surface area contributed by atoms with Crippen molar-refractivity contribution in [3.05, 3.63) is 41.7 Å². The number of thiocarbonyl (C=S) groups is 1. The SMILES string of the molecule is CCOc1ccc(NC(=S)N[C@H](C)c2cnn(CC)c2C)cc1. The molecule has 1 aromatic carbocycles. The number of aromatic nitrogens is 2. The van der Waals surface area contributed by atoms with Crippen LogP contribution >= 0.6 is 12.2 Å². The molecule has 0 bridgehead atoms. The Labute approximate surface area is 143 Å². The largest absolute Gasteiger partial charge is 0.494 e. The summed E-state index contributed by atoms with van der Waals surface area (Å²) in [6.45, 7) is 9.74. The fourth-order valence-corrected chi connectivity index (χ4v) is 2.74. The van der Waals surface area contributed by atoms with Gasteiger partial charge in [-0.05, 0) is 64.2 Å². The highest BCUT2D eigenvalue weighted by molar-refractivity contribution is 7.80. The fourth-order valence-electron chi connectivity index (χ4n) is 2.45. The van der Waals surface area contributed by atoms with Gasteiger partial charge >= 0.3 is 0 Å². The van der Waals surface area contributed by atoms with E-state index in [-0.39, 0.29) is 6.04 Å². The maximum absolute atomic E-state index is 5.43. The zero-order chi connectivity index (χ0) is 16.8. The number of hydrogen-bond acceptors (Lipinski definition) is 3. The van der Waals surface area contributed by atoms with E-state index in [1.807, 2.05) is 42.1 Å². The second-order valence-electron chi connectivity index (χ2n) is 5.28. The van der Waals surface area contributed by atoms with Crippen LogP contribution in [-0.2, 0) is 6.54 Å². The Kier molecular flexibility index (Phi) is 5.98. The molecule has 2 rings (SSSR count). The van der Waals surface area contributed by atoms with Crippen LogP contribution in [0.4, 0.5) is 5.69 Å². The zero-order valence-corrected chi connectivity index (χ0v) is 14.9. The molecule has 2 N–H and O–H groups in total. The summed E-state index contributed by atoms with van der Waals surface area (Å²) >= 11 is 5.39. The molecule has 2 aromatic rings. The first kappa shape index (κ1) is 17.3. The Bertz CT molecular complexity index is 651. The van der Waals surface area contributed by atoms with Gasteiger partial charge in [-0.3, -0.25) is 4.68 Å². The number of anilines is 1. The summed E-state index contributed by atoms with van der Waals surface area (Å²) in [5, 5.41) is 11.4. The molecule has 0 spiro atoms. The zero-order valence-electron chi connectivity index (χ0n) is 14.1. The van der Waals surface area contributed by atoms with Crippen LogP contribution in [-0.4, -0.2) is 21.5 Å². The highest BCUT2D eigenvalue weighted by Gasteiger charge is 2.13. The molecule has 6 heteroatoms. The van der Waals surface area contributed by atoms with Crippen molar-refractivity contribution in [1.29, 1.82) is 0 Å². The number of aryl methyl sites for hydroxylation is 1. The van der Waals surface area contributed by atoms with Crippen molar-refractivity contribution in [3.63, 3.8) is 0 Å². The lowest BCUT2D eigenvalue weighted by Crippen LogP contribution is -2.31. The third-order valence-corrected chi connectivity index (χ3v) is 3.90. The van der Waals surface area contributed by atoms with E-state index < -0.39 is 0 Å². The predicted octanol–water partition coefficient (Wildman–Crippen LogP) is 3.66. The molecule has 5 nitrogen and oxygen atoms in total. The van der Waals surface area contributed by atoms with Gasteiger partial charge in [0.05, 0.1) is 18.8 Å². The maximum atomic E-state index is 5.43. The number of hydrogen-bond donors (Lipinski definition) is 2. The smallest absolute Gasteiger partial charge is 0.171 e. The quantitative estimate of drug-likeness (QED) is 0.791. The first-order valence-electron chi connectivity index (χ1n) is 7.87. The van der Waals surface area contributed by atoms with Crippen LogP contribution in [0.25, 0.3) is 0 Å². The number of benzene rings is 1. The molecule has 1 aromatic heterocycles. The lowest BCUT2D eigenvalue weighted by molar-refractivity contribution is 0.340. The monoisotopic (exact) mass is 332 g/mol. The van der Waals surface area contributed by atoms with E-state index in [1.165, 1.54) is 0 Å². The van der Waals surface area contributed by atoms with Crippen LogP contribution in [0.2, 0.25) is 0 Å². The van der Waals surface area contributed by atoms with E-state index in [1.54, 1.807) is 0 Å². The van der Waals surface area contributed by atoms with Gasteiger partial charge < -0.3 is 15.4 Å². The molecule has 0 amide bonds. The van der Waals surface area contributed by atoms with Crippen LogP contribution < -0.4 is 15.4 Å². The summed E-state index contributed by atoms with van der Waals surface area (Å²) in [5.41, 5.74) is 3.25. The highest BCUT2D eigenvalue weighted by atomic mass is 32.1. The molecule has 0 fully saturated rings. The normalized spacial score (nSPS) is 11.8. The second kappa shape index (κ2) is 7.97. The molecule has 23 heavy (non-hydrogen) atoms. The standard InChI is InChI=1S/C17H24N4OS/c1-5-21-13(4)16(11-18-21)12(3)19-17(23)20-14-7-9-15(10-8-14)22-6-2/h7-12H,5-6H2,1-4H3,(H2,19,20,23)/t12-/m1/s1. The Morgan fingerprint density at radius 3 is 2.57 bits per heavy atom. The minimum atomic E-state index is 0.0954. The van der Waals surface area contributed by atoms with Gasteiger partial charge in [-0.15, -0.1) is 0 Å². The van der Waals surface area contributed by atoms with Gasteiger partial charge in [0.25, 0.3) is 0 Å². The Balaban J connectivity index is 1.94. The Morgan fingerprint density at radius 1 is 1.30 bits per heavy atom. The van der Waals surface area contributed by atoms with Gasteiger partial charge in [-0.1, -0.05) is 0 Å². The van der Waals surface area contributed by atoms with Crippen LogP contribution in [0, 0.1) is 6.92 Å². The summed E-state index contributed by atoms with van der Waals surface area (Å²) in [6.07, 6.45) is 1.90. The fraction of sp³-hybridized carbons (Fsp3) is 0.412. The van der Waals surface area contributed by atoms with E-state index in [2.05, 4.69) is 36.5 Å². The average Bonchev–Trinajstić information content (AvgIpc) is 2.90. The van der Waals surface area contributed by atoms with E-state index in [0.29, 0.717) is 11.7 Å². The molecule has 0 radical (unpaired) electrons. The number of nitrogens with zero attached hydrogens (tertiary/aromatic N) is 2. The van der Waals surface area contributed by atoms with E-state index in [0.717, 1.165) is 29.2 Å². The van der Waals surface area contributed by atoms with Gasteiger partial charge in [0.15, 0.2) is 5.11 Å². The molecular formula is C17H24N4OS. The molecular weight excluding hydrogens is 308 g/mol. The van der Waals surface area contributed by atoms with Crippen molar-refractivity contribution in [2.45, 2.75) is 40.3 Å². The Hall–Kier alpha value is -2.08. The minimum Gasteiger partial charge on any atom is -0.494 e. The van der Waals surface area contributed by atoms with Gasteiger partial charge in [-0.2, -0.15) is 5.10 Å². The predicted molar refractivity (Wildman–Crippen MR) is 98.0 cm³/mol. The molecule has 0 aliphatic rings. The maximum Gasteiger partial charge on any atom is 0.171 e. The molecule has 0 unspecified atom stereocenters. The molecule has 0 saturated heterocycles. The molecule has 0 aliphatic heterocycles. The third kappa shape index (κ3) is 4.45. The van der Waals surface area contributed by atoms with Crippen molar-refractivity contribution in [3.8, 4) is 5.75 Å².